The molecular formula is C15H26BNO10. The fourth-order valence-corrected chi connectivity index (χ4v) is 1.83. The molecule has 0 aliphatic carbocycles. The van der Waals surface area contributed by atoms with Crippen molar-refractivity contribution in [2.24, 2.45) is 5.73 Å². The second-order valence-corrected chi connectivity index (χ2v) is 5.73. The molecule has 0 aromatic heterocycles. The van der Waals surface area contributed by atoms with Crippen molar-refractivity contribution in [3.8, 4) is 0 Å². The Bertz CT molecular complexity index is 550. The Morgan fingerprint density at radius 3 is 1.78 bits per heavy atom. The Morgan fingerprint density at radius 2 is 1.44 bits per heavy atom. The third-order valence-electron chi connectivity index (χ3n) is 3.55. The van der Waals surface area contributed by atoms with E-state index in [1.807, 2.05) is 0 Å². The summed E-state index contributed by atoms with van der Waals surface area (Å²) in [6, 6.07) is 5.43. The van der Waals surface area contributed by atoms with Gasteiger partial charge in [-0.05, 0) is 17.4 Å². The second-order valence-electron chi connectivity index (χ2n) is 5.73. The molecule has 1 rings (SSSR count). The zero-order valence-electron chi connectivity index (χ0n) is 15.4. The maximum Gasteiger partial charge on any atom is 0.488 e. The highest BCUT2D eigenvalue weighted by Gasteiger charge is 2.29. The van der Waals surface area contributed by atoms with E-state index < -0.39 is 56.8 Å². The lowest BCUT2D eigenvalue weighted by Crippen LogP contribution is -2.46. The van der Waals surface area contributed by atoms with Gasteiger partial charge in [0.25, 0.3) is 1.43 Å². The number of carbonyl (C=O) groups is 1. The highest BCUT2D eigenvalue weighted by Crippen LogP contribution is 2.04. The van der Waals surface area contributed by atoms with Crippen LogP contribution in [0.25, 0.3) is 1.43 Å². The van der Waals surface area contributed by atoms with Crippen LogP contribution in [0.4, 0.5) is 0 Å². The number of aliphatic hydroxyl groups excluding tert-OH is 6. The molecule has 12 heteroatoms. The van der Waals surface area contributed by atoms with Gasteiger partial charge in [0, 0.05) is 0 Å². The zero-order chi connectivity index (χ0) is 21.9. The summed E-state index contributed by atoms with van der Waals surface area (Å²) in [7, 11) is -1.51. The van der Waals surface area contributed by atoms with Gasteiger partial charge in [-0.25, -0.2) is 0 Å². The van der Waals surface area contributed by atoms with Gasteiger partial charge in [-0.1, -0.05) is 24.3 Å². The van der Waals surface area contributed by atoms with Crippen molar-refractivity contribution in [2.75, 3.05) is 13.2 Å². The fourth-order valence-electron chi connectivity index (χ4n) is 1.83. The predicted molar refractivity (Wildman–Crippen MR) is 93.8 cm³/mol. The van der Waals surface area contributed by atoms with Gasteiger partial charge < -0.3 is 51.5 Å². The molecule has 154 valence electrons. The lowest BCUT2D eigenvalue weighted by molar-refractivity contribution is -0.138. The number of hydrogen-bond donors (Lipinski definition) is 10. The average Bonchev–Trinajstić information content (AvgIpc) is 2.71. The molecule has 1 aromatic carbocycles. The molecule has 11 nitrogen and oxygen atoms in total. The third-order valence-corrected chi connectivity index (χ3v) is 3.55. The van der Waals surface area contributed by atoms with Crippen molar-refractivity contribution in [3.63, 3.8) is 0 Å². The summed E-state index contributed by atoms with van der Waals surface area (Å²) in [6.45, 7) is -1.45. The topological polar surface area (TPSA) is 225 Å². The van der Waals surface area contributed by atoms with E-state index in [0.29, 0.717) is 5.46 Å². The zero-order valence-corrected chi connectivity index (χ0v) is 14.4. The van der Waals surface area contributed by atoms with Gasteiger partial charge in [0.05, 0.1) is 13.2 Å². The summed E-state index contributed by atoms with van der Waals surface area (Å²) in [6.07, 6.45) is -6.16. The van der Waals surface area contributed by atoms with Crippen LogP contribution in [0.1, 0.15) is 5.56 Å². The third kappa shape index (κ3) is 9.24. The predicted octanol–water partition coefficient (Wildman–Crippen LogP) is -5.26. The van der Waals surface area contributed by atoms with Crippen LogP contribution in [0, 0.1) is 0 Å². The van der Waals surface area contributed by atoms with Gasteiger partial charge >= 0.3 is 13.1 Å². The monoisotopic (exact) mass is 392 g/mol. The number of carboxylic acids is 1. The van der Waals surface area contributed by atoms with Crippen LogP contribution in [0.3, 0.4) is 0 Å². The first-order valence-electron chi connectivity index (χ1n) is 8.31. The van der Waals surface area contributed by atoms with Crippen LogP contribution in [-0.4, -0.2) is 103 Å². The molecule has 0 saturated carbocycles. The van der Waals surface area contributed by atoms with E-state index in [2.05, 4.69) is 5.11 Å². The van der Waals surface area contributed by atoms with E-state index in [1.54, 1.807) is 12.1 Å². The molecule has 0 radical (unpaired) electrons. The standard InChI is InChI=1S/C9H12BNO4.C6H14O6/c11-8(9(12)13)5-6-1-3-7(4-2-6)10(14)15;7-1-3(9)5(11)6(12)4(10)2-8/h1-4,8,14-15H,5,11H2,(H,12,13);3-12H,1-2H2/t8-;3-,4+,5-,6-/m01/s1/i/hD. The van der Waals surface area contributed by atoms with E-state index in [-0.39, 0.29) is 6.42 Å². The normalized spacial score (nSPS) is 16.7. The minimum atomic E-state index is -1.67. The number of hydrogen-bond acceptors (Lipinski definition) is 11. The molecule has 11 N–H and O–H groups in total. The molecule has 0 spiro atoms. The van der Waals surface area contributed by atoms with Crippen molar-refractivity contribution in [2.45, 2.75) is 36.9 Å². The number of carboxylic acid groups (broad SMARTS) is 1. The summed E-state index contributed by atoms with van der Waals surface area (Å²) in [5.41, 5.74) is 6.58. The lowest BCUT2D eigenvalue weighted by Gasteiger charge is -2.24. The molecule has 0 aliphatic heterocycles. The van der Waals surface area contributed by atoms with Crippen LogP contribution in [-0.2, 0) is 11.2 Å². The Morgan fingerprint density at radius 1 is 1.00 bits per heavy atom. The van der Waals surface area contributed by atoms with Crippen molar-refractivity contribution in [1.29, 1.82) is 1.43 Å². The number of nitrogens with two attached hydrogens (primary N) is 1. The Hall–Kier alpha value is -1.61. The summed E-state index contributed by atoms with van der Waals surface area (Å²) in [4.78, 5) is 10.9. The van der Waals surface area contributed by atoms with Crippen molar-refractivity contribution in [1.82, 2.24) is 0 Å². The van der Waals surface area contributed by atoms with Crippen LogP contribution in [0.15, 0.2) is 24.3 Å². The molecule has 0 amide bonds. The number of aliphatic carboxylic acids is 1. The molecule has 0 unspecified atom stereocenters. The first-order chi connectivity index (χ1) is 13.1. The van der Waals surface area contributed by atoms with Gasteiger partial charge in [-0.3, -0.25) is 4.79 Å². The molecule has 5 atom stereocenters. The minimum absolute atomic E-state index is 0.236. The first kappa shape index (κ1) is 23.4. The van der Waals surface area contributed by atoms with Crippen LogP contribution in [0.2, 0.25) is 0 Å². The smallest absolute Gasteiger partial charge is 0.480 e. The van der Waals surface area contributed by atoms with Crippen LogP contribution in [0.5, 0.6) is 0 Å². The van der Waals surface area contributed by atoms with Crippen molar-refractivity contribution in [3.05, 3.63) is 29.8 Å². The van der Waals surface area contributed by atoms with Crippen molar-refractivity contribution < 1.29 is 50.6 Å². The van der Waals surface area contributed by atoms with Gasteiger partial charge in [0.2, 0.25) is 0 Å². The van der Waals surface area contributed by atoms with E-state index in [9.17, 15) is 4.79 Å². The van der Waals surface area contributed by atoms with Crippen molar-refractivity contribution >= 4 is 18.6 Å². The van der Waals surface area contributed by atoms with E-state index in [4.69, 9.17) is 47.9 Å². The molecule has 0 fully saturated rings. The number of aliphatic hydroxyl groups is 6. The molecule has 1 aromatic rings. The molecule has 0 aliphatic rings. The Labute approximate surface area is 157 Å². The number of benzene rings is 1. The van der Waals surface area contributed by atoms with Gasteiger partial charge in [-0.15, -0.1) is 0 Å². The highest BCUT2D eigenvalue weighted by molar-refractivity contribution is 6.58. The maximum absolute atomic E-state index is 10.9. The summed E-state index contributed by atoms with van der Waals surface area (Å²) in [5.74, 6) is -0.800. The van der Waals surface area contributed by atoms with Gasteiger partial charge in [0.1, 0.15) is 30.5 Å². The first-order valence-corrected chi connectivity index (χ1v) is 7.90. The number of rotatable bonds is 9. The minimum Gasteiger partial charge on any atom is -0.480 e. The molecule has 0 saturated heterocycles. The molecule has 0 bridgehead atoms. The Balaban J connectivity index is 0.000000546. The summed E-state index contributed by atoms with van der Waals surface area (Å²) in [5, 5.41) is 73.6. The second kappa shape index (κ2) is 12.7. The Kier molecular flexibility index (Phi) is 11.0. The fraction of sp³-hybridized carbons (Fsp3) is 0.533. The van der Waals surface area contributed by atoms with E-state index in [1.165, 1.54) is 12.1 Å². The van der Waals surface area contributed by atoms with Gasteiger partial charge in [-0.2, -0.15) is 0 Å². The SMILES string of the molecule is OC[C@@H](O)[C@@H](O)[C@H](O)[C@@H](O)CO.[2H]OC(=O)[C@@H](N)Cc1ccc(B(O)O)cc1. The lowest BCUT2D eigenvalue weighted by atomic mass is 9.80. The van der Waals surface area contributed by atoms with E-state index in [0.717, 1.165) is 5.56 Å². The average molecular weight is 392 g/mol. The van der Waals surface area contributed by atoms with Crippen LogP contribution < -0.4 is 11.2 Å². The molecular weight excluding hydrogens is 365 g/mol. The summed E-state index contributed by atoms with van der Waals surface area (Å²) >= 11 is 0. The van der Waals surface area contributed by atoms with Crippen LogP contribution >= 0.6 is 0 Å². The summed E-state index contributed by atoms with van der Waals surface area (Å²) < 4.78 is 6.40. The molecule has 27 heavy (non-hydrogen) atoms. The van der Waals surface area contributed by atoms with Gasteiger partial charge in [0.15, 0.2) is 0 Å². The van der Waals surface area contributed by atoms with E-state index >= 15 is 0 Å². The molecule has 0 heterocycles. The highest BCUT2D eigenvalue weighted by atomic mass is 16.4. The quantitative estimate of drug-likeness (QED) is 0.179. The maximum atomic E-state index is 10.9. The largest absolute Gasteiger partial charge is 0.488 e.